The molecule has 6 aromatic rings. The van der Waals surface area contributed by atoms with E-state index >= 15 is 0 Å². The molecule has 1 heterocycles. The van der Waals surface area contributed by atoms with Crippen LogP contribution in [-0.4, -0.2) is 9.55 Å². The second-order valence-electron chi connectivity index (χ2n) is 7.48. The van der Waals surface area contributed by atoms with Crippen molar-refractivity contribution in [3.8, 4) is 17.1 Å². The third kappa shape index (κ3) is 2.36. The summed E-state index contributed by atoms with van der Waals surface area (Å²) in [4.78, 5) is 5.18. The highest BCUT2D eigenvalue weighted by Crippen LogP contribution is 2.39. The molecule has 0 aliphatic heterocycles. The van der Waals surface area contributed by atoms with Crippen molar-refractivity contribution in [3.63, 3.8) is 0 Å². The Morgan fingerprint density at radius 2 is 1.13 bits per heavy atom. The monoisotopic (exact) mass is 385 g/mol. The SMILES string of the molecule is Nc1ccccc1-c1nc2c3ccccc3c3ccccc3c2n1-c1ccccc1. The third-order valence-electron chi connectivity index (χ3n) is 5.75. The minimum absolute atomic E-state index is 0.721. The van der Waals surface area contributed by atoms with Gasteiger partial charge in [-0.3, -0.25) is 4.57 Å². The summed E-state index contributed by atoms with van der Waals surface area (Å²) in [5, 5.41) is 4.77. The maximum absolute atomic E-state index is 6.39. The minimum Gasteiger partial charge on any atom is -0.398 e. The Bertz CT molecular complexity index is 1550. The average Bonchev–Trinajstić information content (AvgIpc) is 3.21. The first-order chi connectivity index (χ1) is 14.8. The Balaban J connectivity index is 1.90. The van der Waals surface area contributed by atoms with E-state index in [2.05, 4.69) is 77.4 Å². The molecule has 0 radical (unpaired) electrons. The van der Waals surface area contributed by atoms with Gasteiger partial charge in [-0.1, -0.05) is 78.9 Å². The summed E-state index contributed by atoms with van der Waals surface area (Å²) in [7, 11) is 0. The maximum Gasteiger partial charge on any atom is 0.147 e. The summed E-state index contributed by atoms with van der Waals surface area (Å²) >= 11 is 0. The first-order valence-electron chi connectivity index (χ1n) is 10.0. The predicted octanol–water partition coefficient (Wildman–Crippen LogP) is 6.58. The normalized spacial score (nSPS) is 11.5. The van der Waals surface area contributed by atoms with Crippen LogP contribution in [0, 0.1) is 0 Å². The number of benzene rings is 5. The molecule has 0 fully saturated rings. The zero-order chi connectivity index (χ0) is 20.1. The van der Waals surface area contributed by atoms with Crippen molar-refractivity contribution in [3.05, 3.63) is 103 Å². The first kappa shape index (κ1) is 16.8. The van der Waals surface area contributed by atoms with E-state index in [1.54, 1.807) is 0 Å². The van der Waals surface area contributed by atoms with Crippen LogP contribution in [0.4, 0.5) is 5.69 Å². The highest BCUT2D eigenvalue weighted by atomic mass is 15.1. The van der Waals surface area contributed by atoms with Crippen LogP contribution in [0.3, 0.4) is 0 Å². The van der Waals surface area contributed by atoms with Crippen molar-refractivity contribution >= 4 is 38.3 Å². The van der Waals surface area contributed by atoms with E-state index in [-0.39, 0.29) is 0 Å². The van der Waals surface area contributed by atoms with Gasteiger partial charge in [0.15, 0.2) is 0 Å². The molecule has 6 rings (SSSR count). The molecule has 142 valence electrons. The molecule has 5 aromatic carbocycles. The van der Waals surface area contributed by atoms with Crippen LogP contribution < -0.4 is 5.73 Å². The van der Waals surface area contributed by atoms with Crippen molar-refractivity contribution in [2.75, 3.05) is 5.73 Å². The van der Waals surface area contributed by atoms with Gasteiger partial charge in [0, 0.05) is 27.7 Å². The molecule has 0 saturated carbocycles. The Kier molecular flexibility index (Phi) is 3.62. The molecule has 0 unspecified atom stereocenters. The van der Waals surface area contributed by atoms with Crippen LogP contribution in [0.2, 0.25) is 0 Å². The van der Waals surface area contributed by atoms with Crippen LogP contribution >= 0.6 is 0 Å². The first-order valence-corrected chi connectivity index (χ1v) is 10.0. The summed E-state index contributed by atoms with van der Waals surface area (Å²) in [6.45, 7) is 0. The lowest BCUT2D eigenvalue weighted by molar-refractivity contribution is 1.11. The smallest absolute Gasteiger partial charge is 0.147 e. The summed E-state index contributed by atoms with van der Waals surface area (Å²) in [6.07, 6.45) is 0. The van der Waals surface area contributed by atoms with Gasteiger partial charge in [-0.2, -0.15) is 0 Å². The van der Waals surface area contributed by atoms with Gasteiger partial charge in [-0.05, 0) is 35.0 Å². The van der Waals surface area contributed by atoms with Gasteiger partial charge in [0.05, 0.1) is 11.0 Å². The second-order valence-corrected chi connectivity index (χ2v) is 7.48. The van der Waals surface area contributed by atoms with E-state index < -0.39 is 0 Å². The quantitative estimate of drug-likeness (QED) is 0.270. The highest BCUT2D eigenvalue weighted by molar-refractivity contribution is 6.24. The number of rotatable bonds is 2. The largest absolute Gasteiger partial charge is 0.398 e. The number of hydrogen-bond acceptors (Lipinski definition) is 2. The molecule has 0 saturated heterocycles. The van der Waals surface area contributed by atoms with Crippen LogP contribution in [0.25, 0.3) is 49.7 Å². The zero-order valence-electron chi connectivity index (χ0n) is 16.3. The lowest BCUT2D eigenvalue weighted by Gasteiger charge is -2.13. The van der Waals surface area contributed by atoms with Gasteiger partial charge in [-0.25, -0.2) is 4.98 Å². The molecule has 0 amide bonds. The fraction of sp³-hybridized carbons (Fsp3) is 0. The molecule has 2 N–H and O–H groups in total. The predicted molar refractivity (Wildman–Crippen MR) is 126 cm³/mol. The summed E-state index contributed by atoms with van der Waals surface area (Å²) in [5.74, 6) is 0.857. The number of imidazole rings is 1. The Morgan fingerprint density at radius 3 is 1.87 bits per heavy atom. The van der Waals surface area contributed by atoms with Crippen molar-refractivity contribution < 1.29 is 0 Å². The number of fused-ring (bicyclic) bond motifs is 6. The van der Waals surface area contributed by atoms with Crippen molar-refractivity contribution in [2.24, 2.45) is 0 Å². The Morgan fingerprint density at radius 1 is 0.567 bits per heavy atom. The van der Waals surface area contributed by atoms with Crippen LogP contribution in [0.5, 0.6) is 0 Å². The number of nitrogens with two attached hydrogens (primary N) is 1. The molecule has 0 spiro atoms. The Hall–Kier alpha value is -4.11. The second kappa shape index (κ2) is 6.46. The number of anilines is 1. The number of nitrogen functional groups attached to an aromatic ring is 1. The van der Waals surface area contributed by atoms with Gasteiger partial charge in [0.25, 0.3) is 0 Å². The van der Waals surface area contributed by atoms with Gasteiger partial charge < -0.3 is 5.73 Å². The van der Waals surface area contributed by atoms with Gasteiger partial charge in [0.1, 0.15) is 5.82 Å². The molecule has 30 heavy (non-hydrogen) atoms. The number of nitrogens with zero attached hydrogens (tertiary/aromatic N) is 2. The van der Waals surface area contributed by atoms with Crippen LogP contribution in [0.1, 0.15) is 0 Å². The molecule has 0 aliphatic rings. The molecule has 0 aliphatic carbocycles. The molecule has 3 heteroatoms. The van der Waals surface area contributed by atoms with E-state index in [4.69, 9.17) is 10.7 Å². The lowest BCUT2D eigenvalue weighted by Crippen LogP contribution is -2.00. The number of aromatic nitrogens is 2. The Labute approximate surface area is 174 Å². The number of hydrogen-bond donors (Lipinski definition) is 1. The van der Waals surface area contributed by atoms with Crippen molar-refractivity contribution in [2.45, 2.75) is 0 Å². The fourth-order valence-electron chi connectivity index (χ4n) is 4.42. The van der Waals surface area contributed by atoms with Crippen LogP contribution in [0.15, 0.2) is 103 Å². The van der Waals surface area contributed by atoms with E-state index in [1.165, 1.54) is 16.2 Å². The van der Waals surface area contributed by atoms with E-state index in [0.29, 0.717) is 0 Å². The lowest BCUT2D eigenvalue weighted by atomic mass is 10.00. The highest BCUT2D eigenvalue weighted by Gasteiger charge is 2.20. The zero-order valence-corrected chi connectivity index (χ0v) is 16.3. The van der Waals surface area contributed by atoms with E-state index in [9.17, 15) is 0 Å². The van der Waals surface area contributed by atoms with Crippen LogP contribution in [-0.2, 0) is 0 Å². The molecule has 0 atom stereocenters. The minimum atomic E-state index is 0.721. The molecule has 1 aromatic heterocycles. The van der Waals surface area contributed by atoms with Gasteiger partial charge >= 0.3 is 0 Å². The average molecular weight is 385 g/mol. The van der Waals surface area contributed by atoms with Crippen molar-refractivity contribution in [1.82, 2.24) is 9.55 Å². The standard InChI is InChI=1S/C27H19N3/c28-24-17-9-8-16-23(24)27-29-25-21-14-6-4-12-19(21)20-13-5-7-15-22(20)26(25)30(27)18-10-2-1-3-11-18/h1-17H,28H2. The van der Waals surface area contributed by atoms with Gasteiger partial charge in [0.2, 0.25) is 0 Å². The fourth-order valence-corrected chi connectivity index (χ4v) is 4.42. The van der Waals surface area contributed by atoms with E-state index in [1.807, 2.05) is 30.3 Å². The van der Waals surface area contributed by atoms with Gasteiger partial charge in [-0.15, -0.1) is 0 Å². The molecule has 0 bridgehead atoms. The third-order valence-corrected chi connectivity index (χ3v) is 5.75. The number of para-hydroxylation sites is 2. The topological polar surface area (TPSA) is 43.8 Å². The summed E-state index contributed by atoms with van der Waals surface area (Å²) in [5.41, 5.74) is 11.2. The molecular weight excluding hydrogens is 366 g/mol. The van der Waals surface area contributed by atoms with E-state index in [0.717, 1.165) is 39.2 Å². The maximum atomic E-state index is 6.39. The summed E-state index contributed by atoms with van der Waals surface area (Å²) < 4.78 is 2.25. The molecule has 3 nitrogen and oxygen atoms in total. The van der Waals surface area contributed by atoms with Crippen molar-refractivity contribution in [1.29, 1.82) is 0 Å². The summed E-state index contributed by atoms with van der Waals surface area (Å²) in [6, 6.07) is 35.4. The molecular formula is C27H19N3.